The summed E-state index contributed by atoms with van der Waals surface area (Å²) in [6.45, 7) is 4.65. The molecule has 2 aliphatic carbocycles. The number of pyridine rings is 1. The minimum Gasteiger partial charge on any atom is -0.257 e. The summed E-state index contributed by atoms with van der Waals surface area (Å²) >= 11 is 0. The summed E-state index contributed by atoms with van der Waals surface area (Å²) in [5.74, 6) is 0.693. The molecule has 0 aliphatic heterocycles. The van der Waals surface area contributed by atoms with Gasteiger partial charge in [0.2, 0.25) is 0 Å². The summed E-state index contributed by atoms with van der Waals surface area (Å²) in [5, 5.41) is 0. The van der Waals surface area contributed by atoms with Gasteiger partial charge in [0.15, 0.2) is 0 Å². The number of hydrogen-bond donors (Lipinski definition) is 0. The van der Waals surface area contributed by atoms with Crippen molar-refractivity contribution in [2.75, 3.05) is 0 Å². The summed E-state index contributed by atoms with van der Waals surface area (Å²) in [6.07, 6.45) is 6.34. The van der Waals surface area contributed by atoms with E-state index in [2.05, 4.69) is 13.8 Å². The number of hydrogen-bond acceptors (Lipinski definition) is 1. The van der Waals surface area contributed by atoms with Crippen LogP contribution in [-0.4, -0.2) is 4.98 Å². The van der Waals surface area contributed by atoms with Gasteiger partial charge in [-0.1, -0.05) is 13.8 Å². The Hall–Kier alpha value is -0.850. The van der Waals surface area contributed by atoms with Gasteiger partial charge in [-0.3, -0.25) is 4.98 Å². The fraction of sp³-hybridized carbons (Fsp3) is 0.615. The topological polar surface area (TPSA) is 12.9 Å². The Balaban J connectivity index is 2.25. The number of nitrogens with zero attached hydrogens (tertiary/aromatic N) is 1. The van der Waals surface area contributed by atoms with E-state index in [4.69, 9.17) is 4.98 Å². The first-order chi connectivity index (χ1) is 6.77. The van der Waals surface area contributed by atoms with Crippen LogP contribution in [-0.2, 0) is 25.7 Å². The van der Waals surface area contributed by atoms with Crippen molar-refractivity contribution in [2.45, 2.75) is 51.9 Å². The molecule has 1 aromatic rings. The van der Waals surface area contributed by atoms with E-state index in [0.717, 1.165) is 0 Å². The Labute approximate surface area is 85.6 Å². The lowest BCUT2D eigenvalue weighted by Crippen LogP contribution is -2.18. The van der Waals surface area contributed by atoms with E-state index in [-0.39, 0.29) is 0 Å². The average Bonchev–Trinajstić information content (AvgIpc) is 2.54. The fourth-order valence-corrected chi connectivity index (χ4v) is 2.96. The van der Waals surface area contributed by atoms with Crippen LogP contribution in [0.2, 0.25) is 0 Å². The van der Waals surface area contributed by atoms with Crippen molar-refractivity contribution in [3.8, 4) is 0 Å². The Kier molecular flexibility index (Phi) is 1.70. The van der Waals surface area contributed by atoms with E-state index in [1.807, 2.05) is 0 Å². The van der Waals surface area contributed by atoms with Crippen molar-refractivity contribution in [2.24, 2.45) is 0 Å². The van der Waals surface area contributed by atoms with E-state index in [1.54, 1.807) is 16.7 Å². The van der Waals surface area contributed by atoms with Crippen LogP contribution >= 0.6 is 0 Å². The molecule has 1 heteroatoms. The summed E-state index contributed by atoms with van der Waals surface area (Å²) < 4.78 is 0. The first-order valence-corrected chi connectivity index (χ1v) is 5.80. The molecule has 0 saturated carbocycles. The number of rotatable bonds is 1. The third kappa shape index (κ3) is 0.985. The van der Waals surface area contributed by atoms with Crippen LogP contribution < -0.4 is 0 Å². The molecule has 0 radical (unpaired) electrons. The second kappa shape index (κ2) is 2.82. The standard InChI is InChI=1S/C13H17N/c1-8(2)13-9-4-3-5-11(9)14-12-7-6-10(12)13/h8H,3-7H2,1-2H3. The van der Waals surface area contributed by atoms with Crippen LogP contribution in [0.5, 0.6) is 0 Å². The maximum Gasteiger partial charge on any atom is 0.0445 e. The summed E-state index contributed by atoms with van der Waals surface area (Å²) in [6, 6.07) is 0. The van der Waals surface area contributed by atoms with Gasteiger partial charge in [-0.15, -0.1) is 0 Å². The highest BCUT2D eigenvalue weighted by Gasteiger charge is 2.27. The number of fused-ring (bicyclic) bond motifs is 2. The Morgan fingerprint density at radius 1 is 0.929 bits per heavy atom. The second-order valence-corrected chi connectivity index (χ2v) is 4.88. The molecule has 0 unspecified atom stereocenters. The maximum absolute atomic E-state index is 4.78. The molecule has 0 bridgehead atoms. The molecule has 0 aromatic carbocycles. The zero-order chi connectivity index (χ0) is 9.71. The lowest BCUT2D eigenvalue weighted by molar-refractivity contribution is 0.720. The van der Waals surface area contributed by atoms with Crippen LogP contribution in [0.4, 0.5) is 0 Å². The van der Waals surface area contributed by atoms with E-state index >= 15 is 0 Å². The highest BCUT2D eigenvalue weighted by Crippen LogP contribution is 2.37. The summed E-state index contributed by atoms with van der Waals surface area (Å²) in [5.41, 5.74) is 7.70. The normalized spacial score (nSPS) is 17.9. The van der Waals surface area contributed by atoms with E-state index in [9.17, 15) is 0 Å². The smallest absolute Gasteiger partial charge is 0.0445 e. The highest BCUT2D eigenvalue weighted by molar-refractivity contribution is 5.48. The third-order valence-electron chi connectivity index (χ3n) is 3.65. The highest BCUT2D eigenvalue weighted by atomic mass is 14.8. The van der Waals surface area contributed by atoms with Gasteiger partial charge >= 0.3 is 0 Å². The predicted molar refractivity (Wildman–Crippen MR) is 57.8 cm³/mol. The predicted octanol–water partition coefficient (Wildman–Crippen LogP) is 2.79. The van der Waals surface area contributed by atoms with Gasteiger partial charge in [0.25, 0.3) is 0 Å². The molecule has 2 aliphatic rings. The van der Waals surface area contributed by atoms with Gasteiger partial charge in [-0.05, 0) is 54.7 Å². The third-order valence-corrected chi connectivity index (χ3v) is 3.65. The largest absolute Gasteiger partial charge is 0.257 e. The van der Waals surface area contributed by atoms with Gasteiger partial charge in [0, 0.05) is 11.4 Å². The molecular formula is C13H17N. The maximum atomic E-state index is 4.78. The van der Waals surface area contributed by atoms with Crippen LogP contribution in [0.15, 0.2) is 0 Å². The SMILES string of the molecule is CC(C)c1c2c(nc3c1CC3)CCC2. The Morgan fingerprint density at radius 2 is 1.64 bits per heavy atom. The van der Waals surface area contributed by atoms with Crippen molar-refractivity contribution in [3.05, 3.63) is 28.1 Å². The minimum absolute atomic E-state index is 0.693. The molecule has 0 spiro atoms. The molecule has 14 heavy (non-hydrogen) atoms. The zero-order valence-corrected chi connectivity index (χ0v) is 9.06. The molecule has 3 rings (SSSR count). The second-order valence-electron chi connectivity index (χ2n) is 4.88. The van der Waals surface area contributed by atoms with Crippen molar-refractivity contribution >= 4 is 0 Å². The quantitative estimate of drug-likeness (QED) is 0.658. The van der Waals surface area contributed by atoms with Crippen molar-refractivity contribution < 1.29 is 0 Å². The summed E-state index contributed by atoms with van der Waals surface area (Å²) in [7, 11) is 0. The molecule has 0 N–H and O–H groups in total. The van der Waals surface area contributed by atoms with Crippen LogP contribution in [0.3, 0.4) is 0 Å². The average molecular weight is 187 g/mol. The van der Waals surface area contributed by atoms with Crippen LogP contribution in [0.1, 0.15) is 54.3 Å². The van der Waals surface area contributed by atoms with Gasteiger partial charge < -0.3 is 0 Å². The molecule has 0 amide bonds. The van der Waals surface area contributed by atoms with E-state index in [1.165, 1.54) is 43.5 Å². The molecule has 74 valence electrons. The van der Waals surface area contributed by atoms with Gasteiger partial charge in [-0.2, -0.15) is 0 Å². The Bertz CT molecular complexity index is 391. The molecule has 1 aromatic heterocycles. The molecule has 0 saturated heterocycles. The fourth-order valence-electron chi connectivity index (χ4n) is 2.96. The van der Waals surface area contributed by atoms with Crippen molar-refractivity contribution in [1.29, 1.82) is 0 Å². The van der Waals surface area contributed by atoms with Crippen molar-refractivity contribution in [1.82, 2.24) is 4.98 Å². The zero-order valence-electron chi connectivity index (χ0n) is 9.06. The number of aryl methyl sites for hydroxylation is 2. The number of aromatic nitrogens is 1. The summed E-state index contributed by atoms with van der Waals surface area (Å²) in [4.78, 5) is 4.78. The van der Waals surface area contributed by atoms with Gasteiger partial charge in [0.05, 0.1) is 0 Å². The van der Waals surface area contributed by atoms with Crippen LogP contribution in [0, 0.1) is 0 Å². The molecular weight excluding hydrogens is 170 g/mol. The van der Waals surface area contributed by atoms with E-state index < -0.39 is 0 Å². The first-order valence-electron chi connectivity index (χ1n) is 5.80. The van der Waals surface area contributed by atoms with Crippen LogP contribution in [0.25, 0.3) is 0 Å². The minimum atomic E-state index is 0.693. The molecule has 0 fully saturated rings. The molecule has 1 nitrogen and oxygen atoms in total. The van der Waals surface area contributed by atoms with Gasteiger partial charge in [-0.25, -0.2) is 0 Å². The monoisotopic (exact) mass is 187 g/mol. The lowest BCUT2D eigenvalue weighted by Gasteiger charge is -2.26. The Morgan fingerprint density at radius 3 is 2.29 bits per heavy atom. The first kappa shape index (κ1) is 8.46. The molecule has 0 atom stereocenters. The molecule has 1 heterocycles. The van der Waals surface area contributed by atoms with E-state index in [0.29, 0.717) is 5.92 Å². The lowest BCUT2D eigenvalue weighted by atomic mass is 9.82. The van der Waals surface area contributed by atoms with Gasteiger partial charge in [0.1, 0.15) is 0 Å². The van der Waals surface area contributed by atoms with Crippen molar-refractivity contribution in [3.63, 3.8) is 0 Å².